The highest BCUT2D eigenvalue weighted by atomic mass is 16.6. The maximum absolute atomic E-state index is 12.9. The lowest BCUT2D eigenvalue weighted by molar-refractivity contribution is -0.167. The molecule has 0 amide bonds. The first-order chi connectivity index (χ1) is 40.0. The molecular weight excluding hydrogens is 997 g/mol. The fourth-order valence-electron chi connectivity index (χ4n) is 9.08. The van der Waals surface area contributed by atoms with E-state index in [1.807, 2.05) is 0 Å². The minimum Gasteiger partial charge on any atom is -0.462 e. The standard InChI is InChI=1S/C75H124O6/c1-4-7-10-13-16-19-22-25-27-29-31-33-34-35-36-37-38-39-40-42-43-45-47-50-53-56-59-62-65-68-74(77)80-71-72(70-79-73(76)67-64-61-58-55-52-49-24-21-18-15-12-9-6-3)81-75(78)69-66-63-60-57-54-51-48-46-44-41-32-30-28-26-23-20-17-14-11-8-5-2/h7,10,12,15-16,19,21,23-27,30-33,35-36,38-39,44,46,72H,4-6,8-9,11,13-14,17-18,20,22,28-29,34,37,40-43,45,47-71H2,1-3H3/b10-7-,15-12-,19-16-,24-21-,26-23-,27-25-,32-30-,33-31-,36-35-,39-38-,46-44-. The lowest BCUT2D eigenvalue weighted by atomic mass is 10.1. The molecule has 81 heavy (non-hydrogen) atoms. The molecule has 1 unspecified atom stereocenters. The highest BCUT2D eigenvalue weighted by Gasteiger charge is 2.19. The molecule has 6 heteroatoms. The number of allylic oxidation sites excluding steroid dienone is 22. The van der Waals surface area contributed by atoms with Crippen LogP contribution >= 0.6 is 0 Å². The van der Waals surface area contributed by atoms with Crippen LogP contribution in [0.15, 0.2) is 134 Å². The summed E-state index contributed by atoms with van der Waals surface area (Å²) < 4.78 is 16.9. The van der Waals surface area contributed by atoms with Gasteiger partial charge in [-0.1, -0.05) is 283 Å². The molecule has 6 nitrogen and oxygen atoms in total. The number of esters is 3. The average molecular weight is 1120 g/mol. The highest BCUT2D eigenvalue weighted by molar-refractivity contribution is 5.71. The van der Waals surface area contributed by atoms with Gasteiger partial charge in [-0.2, -0.15) is 0 Å². The van der Waals surface area contributed by atoms with E-state index in [0.29, 0.717) is 19.3 Å². The van der Waals surface area contributed by atoms with Gasteiger partial charge in [-0.3, -0.25) is 14.4 Å². The SMILES string of the molecule is CC/C=C\C/C=C\C/C=C\C/C=C\C/C=C\C/C=C\CCCCCCCCCCCCC(=O)OCC(COC(=O)CCCCCCC/C=C\C/C=C\CCC)OC(=O)CCCCCCCC/C=C\C/C=C\C/C=C\CCCCCCC. The second-order valence-electron chi connectivity index (χ2n) is 22.0. The van der Waals surface area contributed by atoms with Crippen molar-refractivity contribution < 1.29 is 28.6 Å². The van der Waals surface area contributed by atoms with Crippen molar-refractivity contribution in [1.82, 2.24) is 0 Å². The van der Waals surface area contributed by atoms with Crippen molar-refractivity contribution >= 4 is 17.9 Å². The Morgan fingerprint density at radius 1 is 0.259 bits per heavy atom. The minimum atomic E-state index is -0.799. The topological polar surface area (TPSA) is 78.9 Å². The van der Waals surface area contributed by atoms with E-state index in [1.54, 1.807) is 0 Å². The first kappa shape index (κ1) is 76.5. The van der Waals surface area contributed by atoms with Crippen LogP contribution in [0.2, 0.25) is 0 Å². The quantitative estimate of drug-likeness (QED) is 0.0261. The van der Waals surface area contributed by atoms with Crippen LogP contribution in [-0.2, 0) is 28.6 Å². The van der Waals surface area contributed by atoms with Gasteiger partial charge in [0.05, 0.1) is 0 Å². The van der Waals surface area contributed by atoms with Crippen LogP contribution in [-0.4, -0.2) is 37.2 Å². The normalized spacial score (nSPS) is 13.0. The van der Waals surface area contributed by atoms with Crippen LogP contribution in [0.25, 0.3) is 0 Å². The summed E-state index contributed by atoms with van der Waals surface area (Å²) in [5, 5.41) is 0. The van der Waals surface area contributed by atoms with Crippen molar-refractivity contribution in [1.29, 1.82) is 0 Å². The summed E-state index contributed by atoms with van der Waals surface area (Å²) in [6, 6.07) is 0. The van der Waals surface area contributed by atoms with E-state index in [1.165, 1.54) is 109 Å². The monoisotopic (exact) mass is 1120 g/mol. The number of hydrogen-bond donors (Lipinski definition) is 0. The molecule has 460 valence electrons. The Balaban J connectivity index is 4.35. The van der Waals surface area contributed by atoms with Crippen LogP contribution in [0.5, 0.6) is 0 Å². The Bertz CT molecular complexity index is 1720. The van der Waals surface area contributed by atoms with Gasteiger partial charge in [0.1, 0.15) is 13.2 Å². The number of rotatable bonds is 60. The van der Waals surface area contributed by atoms with Crippen molar-refractivity contribution in [2.45, 2.75) is 309 Å². The molecule has 1 atom stereocenters. The predicted octanol–water partition coefficient (Wildman–Crippen LogP) is 23.3. The number of ether oxygens (including phenoxy) is 3. The van der Waals surface area contributed by atoms with Gasteiger partial charge in [-0.05, 0) is 135 Å². The van der Waals surface area contributed by atoms with Gasteiger partial charge in [0.15, 0.2) is 6.10 Å². The van der Waals surface area contributed by atoms with E-state index in [9.17, 15) is 14.4 Å². The lowest BCUT2D eigenvalue weighted by Crippen LogP contribution is -2.30. The maximum Gasteiger partial charge on any atom is 0.306 e. The van der Waals surface area contributed by atoms with E-state index in [-0.39, 0.29) is 31.1 Å². The average Bonchev–Trinajstić information content (AvgIpc) is 3.46. The molecule has 0 aromatic carbocycles. The molecule has 0 bridgehead atoms. The predicted molar refractivity (Wildman–Crippen MR) is 353 cm³/mol. The van der Waals surface area contributed by atoms with Gasteiger partial charge in [0.2, 0.25) is 0 Å². The molecule has 0 rings (SSSR count). The summed E-state index contributed by atoms with van der Waals surface area (Å²) in [6.45, 7) is 6.44. The Labute approximate surface area is 500 Å². The third-order valence-corrected chi connectivity index (χ3v) is 14.1. The summed E-state index contributed by atoms with van der Waals surface area (Å²) in [4.78, 5) is 38.4. The van der Waals surface area contributed by atoms with Crippen molar-refractivity contribution in [3.63, 3.8) is 0 Å². The largest absolute Gasteiger partial charge is 0.462 e. The number of unbranched alkanes of at least 4 members (excludes halogenated alkanes) is 27. The Morgan fingerprint density at radius 3 is 0.802 bits per heavy atom. The highest BCUT2D eigenvalue weighted by Crippen LogP contribution is 2.15. The van der Waals surface area contributed by atoms with Crippen LogP contribution in [0.3, 0.4) is 0 Å². The summed E-state index contributed by atoms with van der Waals surface area (Å²) in [6.07, 6.45) is 96.0. The maximum atomic E-state index is 12.9. The lowest BCUT2D eigenvalue weighted by Gasteiger charge is -2.18. The van der Waals surface area contributed by atoms with Crippen LogP contribution in [0, 0.1) is 0 Å². The zero-order valence-corrected chi connectivity index (χ0v) is 52.8. The summed E-state index contributed by atoms with van der Waals surface area (Å²) in [5.41, 5.74) is 0. The van der Waals surface area contributed by atoms with Crippen molar-refractivity contribution in [3.05, 3.63) is 134 Å². The molecule has 0 saturated heterocycles. The molecule has 0 aromatic rings. The molecule has 0 fully saturated rings. The van der Waals surface area contributed by atoms with E-state index >= 15 is 0 Å². The smallest absolute Gasteiger partial charge is 0.306 e. The van der Waals surface area contributed by atoms with E-state index in [0.717, 1.165) is 154 Å². The fraction of sp³-hybridized carbons (Fsp3) is 0.667. The van der Waals surface area contributed by atoms with E-state index in [2.05, 4.69) is 154 Å². The molecule has 0 spiro atoms. The number of hydrogen-bond acceptors (Lipinski definition) is 6. The third-order valence-electron chi connectivity index (χ3n) is 14.1. The van der Waals surface area contributed by atoms with E-state index in [4.69, 9.17) is 14.2 Å². The minimum absolute atomic E-state index is 0.0932. The third kappa shape index (κ3) is 66.2. The Hall–Kier alpha value is -4.45. The summed E-state index contributed by atoms with van der Waals surface area (Å²) in [7, 11) is 0. The van der Waals surface area contributed by atoms with Gasteiger partial charge >= 0.3 is 17.9 Å². The zero-order chi connectivity index (χ0) is 58.5. The molecule has 0 N–H and O–H groups in total. The van der Waals surface area contributed by atoms with Crippen molar-refractivity contribution in [2.75, 3.05) is 13.2 Å². The van der Waals surface area contributed by atoms with Gasteiger partial charge < -0.3 is 14.2 Å². The molecule has 0 aromatic heterocycles. The zero-order valence-electron chi connectivity index (χ0n) is 52.8. The molecule has 0 aliphatic rings. The Kier molecular flexibility index (Phi) is 64.3. The van der Waals surface area contributed by atoms with Crippen LogP contribution in [0.4, 0.5) is 0 Å². The van der Waals surface area contributed by atoms with Crippen molar-refractivity contribution in [3.8, 4) is 0 Å². The molecule has 0 radical (unpaired) electrons. The van der Waals surface area contributed by atoms with Gasteiger partial charge in [-0.15, -0.1) is 0 Å². The second kappa shape index (κ2) is 68.1. The van der Waals surface area contributed by atoms with Gasteiger partial charge in [-0.25, -0.2) is 0 Å². The van der Waals surface area contributed by atoms with Crippen molar-refractivity contribution in [2.24, 2.45) is 0 Å². The first-order valence-corrected chi connectivity index (χ1v) is 33.7. The summed E-state index contributed by atoms with van der Waals surface area (Å²) >= 11 is 0. The second-order valence-corrected chi connectivity index (χ2v) is 22.0. The number of carbonyl (C=O) groups excluding carboxylic acids is 3. The Morgan fingerprint density at radius 2 is 0.506 bits per heavy atom. The molecular formula is C75H124O6. The molecule has 0 saturated carbocycles. The first-order valence-electron chi connectivity index (χ1n) is 33.7. The molecule has 0 heterocycles. The molecule has 0 aliphatic heterocycles. The van der Waals surface area contributed by atoms with E-state index < -0.39 is 6.10 Å². The van der Waals surface area contributed by atoms with Gasteiger partial charge in [0, 0.05) is 19.3 Å². The number of carbonyl (C=O) groups is 3. The van der Waals surface area contributed by atoms with Crippen LogP contribution in [0.1, 0.15) is 303 Å². The molecule has 0 aliphatic carbocycles. The van der Waals surface area contributed by atoms with Gasteiger partial charge in [0.25, 0.3) is 0 Å². The van der Waals surface area contributed by atoms with Crippen LogP contribution < -0.4 is 0 Å². The fourth-order valence-corrected chi connectivity index (χ4v) is 9.08. The summed E-state index contributed by atoms with van der Waals surface area (Å²) in [5.74, 6) is -0.920.